The molecule has 4 heteroatoms. The summed E-state index contributed by atoms with van der Waals surface area (Å²) in [6.45, 7) is 1.56. The third kappa shape index (κ3) is 3.62. The highest BCUT2D eigenvalue weighted by Gasteiger charge is 1.96. The van der Waals surface area contributed by atoms with E-state index in [0.717, 1.165) is 23.4 Å². The molecule has 0 amide bonds. The summed E-state index contributed by atoms with van der Waals surface area (Å²) in [5, 5.41) is 12.3. The van der Waals surface area contributed by atoms with Crippen LogP contribution in [0.1, 0.15) is 16.8 Å². The Labute approximate surface area is 100 Å². The topological polar surface area (TPSA) is 58.0 Å². The Bertz CT molecular complexity index is 459. The Hall–Kier alpha value is -1.78. The Balaban J connectivity index is 1.86. The van der Waals surface area contributed by atoms with Crippen LogP contribution in [0.2, 0.25) is 0 Å². The average molecular weight is 229 g/mol. The van der Waals surface area contributed by atoms with Gasteiger partial charge in [-0.3, -0.25) is 0 Å². The zero-order valence-electron chi connectivity index (χ0n) is 9.50. The first-order valence-corrected chi connectivity index (χ1v) is 5.53. The van der Waals surface area contributed by atoms with E-state index >= 15 is 0 Å². The van der Waals surface area contributed by atoms with Gasteiger partial charge >= 0.3 is 0 Å². The molecule has 0 radical (unpaired) electrons. The number of hydrogen-bond acceptors (Lipinski definition) is 4. The number of benzene rings is 1. The maximum absolute atomic E-state index is 9.03. The minimum atomic E-state index is 0.0831. The Morgan fingerprint density at radius 3 is 2.76 bits per heavy atom. The Kier molecular flexibility index (Phi) is 4.18. The van der Waals surface area contributed by atoms with Gasteiger partial charge in [0.2, 0.25) is 0 Å². The van der Waals surface area contributed by atoms with Crippen LogP contribution in [0.3, 0.4) is 0 Å². The molecular formula is C13H15N3O. The molecule has 2 N–H and O–H groups in total. The molecule has 0 unspecified atom stereocenters. The summed E-state index contributed by atoms with van der Waals surface area (Å²) in [5.41, 5.74) is 3.07. The van der Waals surface area contributed by atoms with Gasteiger partial charge in [0.25, 0.3) is 0 Å². The molecule has 0 spiro atoms. The molecule has 4 nitrogen and oxygen atoms in total. The maximum Gasteiger partial charge on any atom is 0.115 e. The number of aromatic nitrogens is 2. The van der Waals surface area contributed by atoms with Crippen molar-refractivity contribution >= 4 is 0 Å². The fraction of sp³-hybridized carbons (Fsp3) is 0.231. The summed E-state index contributed by atoms with van der Waals surface area (Å²) < 4.78 is 0. The number of rotatable bonds is 5. The molecule has 0 fully saturated rings. The van der Waals surface area contributed by atoms with Crippen LogP contribution >= 0.6 is 0 Å². The van der Waals surface area contributed by atoms with Crippen molar-refractivity contribution < 1.29 is 5.11 Å². The van der Waals surface area contributed by atoms with Crippen molar-refractivity contribution in [1.29, 1.82) is 0 Å². The van der Waals surface area contributed by atoms with Gasteiger partial charge in [-0.1, -0.05) is 24.3 Å². The Morgan fingerprint density at radius 2 is 2.00 bits per heavy atom. The van der Waals surface area contributed by atoms with E-state index in [1.165, 1.54) is 0 Å². The Morgan fingerprint density at radius 1 is 1.12 bits per heavy atom. The summed E-state index contributed by atoms with van der Waals surface area (Å²) in [6, 6.07) is 9.78. The van der Waals surface area contributed by atoms with E-state index in [9.17, 15) is 0 Å². The summed E-state index contributed by atoms with van der Waals surface area (Å²) in [5.74, 6) is 0. The highest BCUT2D eigenvalue weighted by atomic mass is 16.3. The minimum absolute atomic E-state index is 0.0831. The van der Waals surface area contributed by atoms with Gasteiger partial charge in [0.1, 0.15) is 6.33 Å². The first-order valence-electron chi connectivity index (χ1n) is 5.53. The van der Waals surface area contributed by atoms with Crippen molar-refractivity contribution in [1.82, 2.24) is 15.3 Å². The fourth-order valence-corrected chi connectivity index (χ4v) is 1.60. The molecule has 0 atom stereocenters. The molecule has 0 bridgehead atoms. The molecule has 0 saturated carbocycles. The van der Waals surface area contributed by atoms with Crippen molar-refractivity contribution in [2.24, 2.45) is 0 Å². The second-order valence-corrected chi connectivity index (χ2v) is 3.78. The SMILES string of the molecule is OCc1cccc(CNCc2ccncn2)c1. The van der Waals surface area contributed by atoms with Crippen LogP contribution in [0.5, 0.6) is 0 Å². The van der Waals surface area contributed by atoms with Gasteiger partial charge in [0.05, 0.1) is 12.3 Å². The molecule has 1 heterocycles. The predicted octanol–water partition coefficient (Wildman–Crippen LogP) is 1.26. The third-order valence-corrected chi connectivity index (χ3v) is 2.45. The van der Waals surface area contributed by atoms with Gasteiger partial charge in [-0.25, -0.2) is 9.97 Å². The largest absolute Gasteiger partial charge is 0.392 e. The van der Waals surface area contributed by atoms with E-state index in [-0.39, 0.29) is 6.61 Å². The van der Waals surface area contributed by atoms with Crippen LogP contribution in [0.4, 0.5) is 0 Å². The minimum Gasteiger partial charge on any atom is -0.392 e. The van der Waals surface area contributed by atoms with Crippen LogP contribution in [-0.2, 0) is 19.7 Å². The molecule has 0 aliphatic heterocycles. The summed E-state index contributed by atoms with van der Waals surface area (Å²) in [7, 11) is 0. The van der Waals surface area contributed by atoms with Crippen molar-refractivity contribution in [3.8, 4) is 0 Å². The second-order valence-electron chi connectivity index (χ2n) is 3.78. The van der Waals surface area contributed by atoms with E-state index in [1.807, 2.05) is 30.3 Å². The first-order chi connectivity index (χ1) is 8.38. The van der Waals surface area contributed by atoms with Crippen LogP contribution in [0.15, 0.2) is 42.9 Å². The summed E-state index contributed by atoms with van der Waals surface area (Å²) in [6.07, 6.45) is 3.28. The molecular weight excluding hydrogens is 214 g/mol. The fourth-order valence-electron chi connectivity index (χ4n) is 1.60. The lowest BCUT2D eigenvalue weighted by Crippen LogP contribution is -2.13. The normalized spacial score (nSPS) is 10.4. The molecule has 2 rings (SSSR count). The van der Waals surface area contributed by atoms with Crippen LogP contribution in [0, 0.1) is 0 Å². The lowest BCUT2D eigenvalue weighted by atomic mass is 10.1. The van der Waals surface area contributed by atoms with Crippen molar-refractivity contribution in [2.75, 3.05) is 0 Å². The lowest BCUT2D eigenvalue weighted by molar-refractivity contribution is 0.281. The monoisotopic (exact) mass is 229 g/mol. The molecule has 1 aromatic carbocycles. The quantitative estimate of drug-likeness (QED) is 0.810. The average Bonchev–Trinajstić information content (AvgIpc) is 2.40. The summed E-state index contributed by atoms with van der Waals surface area (Å²) >= 11 is 0. The van der Waals surface area contributed by atoms with Crippen LogP contribution in [0.25, 0.3) is 0 Å². The standard InChI is InChI=1S/C13H15N3O/c17-9-12-3-1-2-11(6-12)7-15-8-13-4-5-14-10-16-13/h1-6,10,15,17H,7-9H2. The molecule has 88 valence electrons. The molecule has 0 aliphatic carbocycles. The van der Waals surface area contributed by atoms with Gasteiger partial charge in [0, 0.05) is 19.3 Å². The van der Waals surface area contributed by atoms with Crippen LogP contribution < -0.4 is 5.32 Å². The van der Waals surface area contributed by atoms with Gasteiger partial charge in [-0.15, -0.1) is 0 Å². The molecule has 0 aliphatic rings. The zero-order chi connectivity index (χ0) is 11.9. The predicted molar refractivity (Wildman–Crippen MR) is 64.9 cm³/mol. The number of nitrogens with one attached hydrogen (secondary N) is 1. The van der Waals surface area contributed by atoms with Crippen LogP contribution in [-0.4, -0.2) is 15.1 Å². The number of hydrogen-bond donors (Lipinski definition) is 2. The van der Waals surface area contributed by atoms with Crippen molar-refractivity contribution in [3.05, 3.63) is 59.7 Å². The van der Waals surface area contributed by atoms with E-state index in [1.54, 1.807) is 12.5 Å². The van der Waals surface area contributed by atoms with E-state index in [4.69, 9.17) is 5.11 Å². The van der Waals surface area contributed by atoms with Gasteiger partial charge < -0.3 is 10.4 Å². The lowest BCUT2D eigenvalue weighted by Gasteiger charge is -2.05. The highest BCUT2D eigenvalue weighted by molar-refractivity contribution is 5.22. The van der Waals surface area contributed by atoms with E-state index in [2.05, 4.69) is 15.3 Å². The smallest absolute Gasteiger partial charge is 0.115 e. The first kappa shape index (κ1) is 11.7. The van der Waals surface area contributed by atoms with Gasteiger partial charge in [-0.2, -0.15) is 0 Å². The molecule has 17 heavy (non-hydrogen) atoms. The van der Waals surface area contributed by atoms with Crippen molar-refractivity contribution in [3.63, 3.8) is 0 Å². The number of aliphatic hydroxyl groups is 1. The number of nitrogens with zero attached hydrogens (tertiary/aromatic N) is 2. The molecule has 0 saturated heterocycles. The van der Waals surface area contributed by atoms with E-state index < -0.39 is 0 Å². The summed E-state index contributed by atoms with van der Waals surface area (Å²) in [4.78, 5) is 8.00. The number of aliphatic hydroxyl groups excluding tert-OH is 1. The zero-order valence-corrected chi connectivity index (χ0v) is 9.50. The van der Waals surface area contributed by atoms with Crippen molar-refractivity contribution in [2.45, 2.75) is 19.7 Å². The third-order valence-electron chi connectivity index (χ3n) is 2.45. The van der Waals surface area contributed by atoms with Gasteiger partial charge in [-0.05, 0) is 17.2 Å². The molecule has 1 aromatic heterocycles. The highest BCUT2D eigenvalue weighted by Crippen LogP contribution is 2.05. The second kappa shape index (κ2) is 6.08. The van der Waals surface area contributed by atoms with E-state index in [0.29, 0.717) is 6.54 Å². The molecule has 2 aromatic rings. The van der Waals surface area contributed by atoms with Gasteiger partial charge in [0.15, 0.2) is 0 Å². The maximum atomic E-state index is 9.03.